The molecule has 0 saturated carbocycles. The molecular weight excluding hydrogens is 457 g/mol. The molecule has 0 fully saturated rings. The van der Waals surface area contributed by atoms with Gasteiger partial charge in [0.15, 0.2) is 0 Å². The van der Waals surface area contributed by atoms with Crippen molar-refractivity contribution in [2.24, 2.45) is 0 Å². The molecule has 0 saturated heterocycles. The number of aryl methyl sites for hydroxylation is 1. The summed E-state index contributed by atoms with van der Waals surface area (Å²) in [6.07, 6.45) is 2.67. The highest BCUT2D eigenvalue weighted by Gasteiger charge is 2.23. The average molecular weight is 494 g/mol. The molecule has 0 unspecified atom stereocenters. The monoisotopic (exact) mass is 493 g/mol. The molecule has 2 N–H and O–H groups in total. The number of rotatable bonds is 9. The van der Waals surface area contributed by atoms with Crippen LogP contribution in [0.2, 0.25) is 0 Å². The van der Waals surface area contributed by atoms with Crippen molar-refractivity contribution in [3.8, 4) is 5.69 Å². The van der Waals surface area contributed by atoms with E-state index >= 15 is 0 Å². The number of halogens is 1. The topological polar surface area (TPSA) is 79.3 Å². The van der Waals surface area contributed by atoms with E-state index in [1.54, 1.807) is 10.7 Å². The van der Waals surface area contributed by atoms with Gasteiger partial charge in [-0.15, -0.1) is 0 Å². The number of anilines is 2. The molecule has 0 atom stereocenters. The Morgan fingerprint density at radius 1 is 1.03 bits per heavy atom. The Balaban J connectivity index is 1.81. The molecule has 7 nitrogen and oxygen atoms in total. The number of amides is 3. The Morgan fingerprint density at radius 2 is 1.78 bits per heavy atom. The van der Waals surface area contributed by atoms with Gasteiger partial charge in [-0.3, -0.25) is 4.79 Å². The fraction of sp³-hybridized carbons (Fsp3) is 0.393. The van der Waals surface area contributed by atoms with Gasteiger partial charge in [0.05, 0.1) is 11.4 Å². The van der Waals surface area contributed by atoms with Crippen LogP contribution in [0.25, 0.3) is 5.69 Å². The van der Waals surface area contributed by atoms with Crippen LogP contribution < -0.4 is 10.6 Å². The van der Waals surface area contributed by atoms with Gasteiger partial charge in [-0.25, -0.2) is 13.9 Å². The van der Waals surface area contributed by atoms with Crippen molar-refractivity contribution in [3.63, 3.8) is 0 Å². The van der Waals surface area contributed by atoms with Gasteiger partial charge in [-0.2, -0.15) is 5.10 Å². The van der Waals surface area contributed by atoms with Crippen LogP contribution in [0.3, 0.4) is 0 Å². The predicted molar refractivity (Wildman–Crippen MR) is 142 cm³/mol. The zero-order chi connectivity index (χ0) is 26.3. The highest BCUT2D eigenvalue weighted by atomic mass is 19.1. The lowest BCUT2D eigenvalue weighted by Gasteiger charge is -2.23. The van der Waals surface area contributed by atoms with Gasteiger partial charge in [-0.05, 0) is 43.2 Å². The Morgan fingerprint density at radius 3 is 2.44 bits per heavy atom. The Bertz CT molecular complexity index is 1200. The van der Waals surface area contributed by atoms with Gasteiger partial charge >= 0.3 is 6.03 Å². The van der Waals surface area contributed by atoms with Crippen LogP contribution in [0.15, 0.2) is 54.6 Å². The third-order valence-corrected chi connectivity index (χ3v) is 5.82. The molecule has 3 rings (SSSR count). The number of hydrogen-bond acceptors (Lipinski definition) is 3. The van der Waals surface area contributed by atoms with Crippen LogP contribution >= 0.6 is 0 Å². The molecule has 0 aliphatic carbocycles. The van der Waals surface area contributed by atoms with E-state index in [1.165, 1.54) is 23.1 Å². The molecule has 0 aliphatic heterocycles. The van der Waals surface area contributed by atoms with E-state index in [1.807, 2.05) is 37.3 Å². The van der Waals surface area contributed by atoms with Crippen molar-refractivity contribution in [1.29, 1.82) is 0 Å². The fourth-order valence-electron chi connectivity index (χ4n) is 3.75. The first-order chi connectivity index (χ1) is 17.1. The second kappa shape index (κ2) is 11.8. The number of aromatic nitrogens is 2. The molecule has 0 aliphatic rings. The van der Waals surface area contributed by atoms with E-state index in [-0.39, 0.29) is 17.9 Å². The maximum absolute atomic E-state index is 13.6. The van der Waals surface area contributed by atoms with E-state index in [0.717, 1.165) is 36.2 Å². The highest BCUT2D eigenvalue weighted by Crippen LogP contribution is 2.27. The summed E-state index contributed by atoms with van der Waals surface area (Å²) in [7, 11) is 0. The number of carbonyl (C=O) groups is 2. The largest absolute Gasteiger partial charge is 0.322 e. The second-order valence-corrected chi connectivity index (χ2v) is 9.98. The Labute approximate surface area is 212 Å². The molecule has 1 aromatic heterocycles. The van der Waals surface area contributed by atoms with E-state index in [4.69, 9.17) is 5.10 Å². The van der Waals surface area contributed by atoms with E-state index in [9.17, 15) is 14.0 Å². The Kier molecular flexibility index (Phi) is 8.85. The molecular formula is C28H36FN5O2. The number of urea groups is 1. The lowest BCUT2D eigenvalue weighted by atomic mass is 9.92. The predicted octanol–water partition coefficient (Wildman–Crippen LogP) is 6.28. The number of nitrogens with zero attached hydrogens (tertiary/aromatic N) is 3. The maximum Gasteiger partial charge on any atom is 0.322 e. The maximum atomic E-state index is 13.6. The molecule has 0 bridgehead atoms. The van der Waals surface area contributed by atoms with Crippen molar-refractivity contribution >= 4 is 23.4 Å². The zero-order valence-corrected chi connectivity index (χ0v) is 21.8. The number of nitrogens with one attached hydrogen (secondary N) is 2. The lowest BCUT2D eigenvalue weighted by molar-refractivity contribution is -0.116. The van der Waals surface area contributed by atoms with Gasteiger partial charge in [-0.1, -0.05) is 64.8 Å². The normalized spacial score (nSPS) is 11.3. The van der Waals surface area contributed by atoms with Gasteiger partial charge in [0.1, 0.15) is 18.2 Å². The van der Waals surface area contributed by atoms with E-state index < -0.39 is 11.8 Å². The fourth-order valence-corrected chi connectivity index (χ4v) is 3.75. The van der Waals surface area contributed by atoms with Crippen molar-refractivity contribution in [1.82, 2.24) is 14.7 Å². The van der Waals surface area contributed by atoms with Crippen LogP contribution in [0.5, 0.6) is 0 Å². The van der Waals surface area contributed by atoms with Crippen LogP contribution in [0.4, 0.5) is 20.7 Å². The van der Waals surface area contributed by atoms with Crippen LogP contribution in [-0.4, -0.2) is 39.7 Å². The highest BCUT2D eigenvalue weighted by molar-refractivity contribution is 5.96. The minimum atomic E-state index is -0.449. The summed E-state index contributed by atoms with van der Waals surface area (Å²) in [4.78, 5) is 27.6. The Hall–Kier alpha value is -3.68. The second-order valence-electron chi connectivity index (χ2n) is 9.98. The van der Waals surface area contributed by atoms with Crippen molar-refractivity contribution in [3.05, 3.63) is 71.7 Å². The first kappa shape index (κ1) is 26.9. The minimum absolute atomic E-state index is 0.144. The summed E-state index contributed by atoms with van der Waals surface area (Å²) in [6.45, 7) is 10.5. The average Bonchev–Trinajstić information content (AvgIpc) is 3.23. The van der Waals surface area contributed by atoms with Crippen molar-refractivity contribution in [2.75, 3.05) is 23.7 Å². The van der Waals surface area contributed by atoms with Crippen molar-refractivity contribution < 1.29 is 14.0 Å². The van der Waals surface area contributed by atoms with Crippen LogP contribution in [0, 0.1) is 12.7 Å². The molecule has 0 radical (unpaired) electrons. The molecule has 8 heteroatoms. The van der Waals surface area contributed by atoms with E-state index in [0.29, 0.717) is 18.1 Å². The van der Waals surface area contributed by atoms with Crippen molar-refractivity contribution in [2.45, 2.75) is 59.3 Å². The molecule has 3 amide bonds. The van der Waals surface area contributed by atoms with Crippen LogP contribution in [0.1, 0.15) is 58.2 Å². The van der Waals surface area contributed by atoms with Gasteiger partial charge in [0, 0.05) is 23.7 Å². The third kappa shape index (κ3) is 7.16. The molecule has 1 heterocycles. The zero-order valence-electron chi connectivity index (χ0n) is 21.8. The molecule has 2 aromatic carbocycles. The summed E-state index contributed by atoms with van der Waals surface area (Å²) >= 11 is 0. The summed E-state index contributed by atoms with van der Waals surface area (Å²) < 4.78 is 15.3. The number of unbranched alkanes of at least 4 members (excludes halogenated alkanes) is 2. The number of hydrogen-bond donors (Lipinski definition) is 2. The third-order valence-electron chi connectivity index (χ3n) is 5.82. The molecule has 192 valence electrons. The number of carbonyl (C=O) groups excluding carboxylic acids is 2. The molecule has 3 aromatic rings. The van der Waals surface area contributed by atoms with Gasteiger partial charge in [0.2, 0.25) is 5.91 Å². The lowest BCUT2D eigenvalue weighted by Crippen LogP contribution is -2.41. The minimum Gasteiger partial charge on any atom is -0.315 e. The quantitative estimate of drug-likeness (QED) is 0.344. The smallest absolute Gasteiger partial charge is 0.315 e. The number of benzene rings is 2. The first-order valence-electron chi connectivity index (χ1n) is 12.4. The standard InChI is InChI=1S/C28H36FN5O2/c1-6-7-10-16-33(27(36)30-22-14-11-13-21(29)17-22)19-26(35)31-25-18-24(28(3,4)5)32-34(25)23-15-9-8-12-20(23)2/h8-9,11-15,17-18H,6-7,10,16,19H2,1-5H3,(H,30,36)(H,31,35). The molecule has 0 spiro atoms. The SMILES string of the molecule is CCCCCN(CC(=O)Nc1cc(C(C)(C)C)nn1-c1ccccc1C)C(=O)Nc1cccc(F)c1. The van der Waals surface area contributed by atoms with Gasteiger partial charge < -0.3 is 15.5 Å². The summed E-state index contributed by atoms with van der Waals surface area (Å²) in [6, 6.07) is 14.9. The van der Waals surface area contributed by atoms with Gasteiger partial charge in [0.25, 0.3) is 0 Å². The summed E-state index contributed by atoms with van der Waals surface area (Å²) in [5.41, 5.74) is 2.85. The number of para-hydroxylation sites is 1. The van der Waals surface area contributed by atoms with Crippen LogP contribution in [-0.2, 0) is 10.2 Å². The van der Waals surface area contributed by atoms with E-state index in [2.05, 4.69) is 38.3 Å². The summed E-state index contributed by atoms with van der Waals surface area (Å²) in [5.74, 6) is -0.239. The molecule has 36 heavy (non-hydrogen) atoms. The summed E-state index contributed by atoms with van der Waals surface area (Å²) in [5, 5.41) is 10.4. The first-order valence-corrected chi connectivity index (χ1v) is 12.4.